The van der Waals surface area contributed by atoms with Crippen molar-refractivity contribution >= 4 is 22.8 Å². The molecule has 2 aliphatic rings. The monoisotopic (exact) mass is 342 g/mol. The molecule has 2 aromatic rings. The summed E-state index contributed by atoms with van der Waals surface area (Å²) >= 11 is 0. The van der Waals surface area contributed by atoms with Crippen LogP contribution in [0.25, 0.3) is 10.9 Å². The van der Waals surface area contributed by atoms with Gasteiger partial charge in [-0.2, -0.15) is 0 Å². The quantitative estimate of drug-likeness (QED) is 0.930. The molecule has 1 saturated carbocycles. The summed E-state index contributed by atoms with van der Waals surface area (Å²) < 4.78 is 7.22. The molecule has 1 saturated heterocycles. The van der Waals surface area contributed by atoms with Gasteiger partial charge in [0, 0.05) is 19.0 Å². The second-order valence-electron chi connectivity index (χ2n) is 7.08. The zero-order valence-electron chi connectivity index (χ0n) is 14.4. The second-order valence-corrected chi connectivity index (χ2v) is 7.08. The lowest BCUT2D eigenvalue weighted by Crippen LogP contribution is -2.43. The van der Waals surface area contributed by atoms with Gasteiger partial charge < -0.3 is 19.3 Å². The first-order chi connectivity index (χ1) is 12.0. The van der Waals surface area contributed by atoms with Gasteiger partial charge in [0.15, 0.2) is 0 Å². The highest BCUT2D eigenvalue weighted by atomic mass is 16.5. The number of aliphatic carboxylic acids is 1. The fourth-order valence-corrected chi connectivity index (χ4v) is 4.69. The summed E-state index contributed by atoms with van der Waals surface area (Å²) in [5.74, 6) is 0.0156. The highest BCUT2D eigenvalue weighted by Gasteiger charge is 2.50. The Bertz CT molecular complexity index is 856. The van der Waals surface area contributed by atoms with E-state index in [1.54, 1.807) is 12.0 Å². The van der Waals surface area contributed by atoms with Gasteiger partial charge in [-0.3, -0.25) is 4.79 Å². The highest BCUT2D eigenvalue weighted by Crippen LogP contribution is 2.43. The predicted molar refractivity (Wildman–Crippen MR) is 92.8 cm³/mol. The van der Waals surface area contributed by atoms with Crippen LogP contribution in [-0.2, 0) is 11.8 Å². The van der Waals surface area contributed by atoms with Crippen molar-refractivity contribution in [2.75, 3.05) is 13.7 Å². The lowest BCUT2D eigenvalue weighted by Gasteiger charge is -2.24. The maximum Gasteiger partial charge on any atom is 0.326 e. The third kappa shape index (κ3) is 2.31. The largest absolute Gasteiger partial charge is 0.496 e. The van der Waals surface area contributed by atoms with E-state index in [0.29, 0.717) is 23.9 Å². The molecule has 4 rings (SSSR count). The van der Waals surface area contributed by atoms with Gasteiger partial charge in [-0.15, -0.1) is 0 Å². The number of hydrogen-bond donors (Lipinski definition) is 1. The molecule has 1 N–H and O–H groups in total. The molecule has 1 aromatic carbocycles. The number of aromatic nitrogens is 1. The number of fused-ring (bicyclic) bond motifs is 2. The second kappa shape index (κ2) is 5.79. The smallest absolute Gasteiger partial charge is 0.326 e. The maximum absolute atomic E-state index is 13.2. The number of benzene rings is 1. The summed E-state index contributed by atoms with van der Waals surface area (Å²) in [4.78, 5) is 26.6. The number of aryl methyl sites for hydroxylation is 1. The molecule has 1 aliphatic carbocycles. The van der Waals surface area contributed by atoms with Crippen molar-refractivity contribution in [3.63, 3.8) is 0 Å². The number of carbonyl (C=O) groups excluding carboxylic acids is 1. The molecule has 1 aromatic heterocycles. The Kier molecular flexibility index (Phi) is 3.71. The topological polar surface area (TPSA) is 71.8 Å². The van der Waals surface area contributed by atoms with E-state index in [1.807, 2.05) is 35.9 Å². The summed E-state index contributed by atoms with van der Waals surface area (Å²) in [6.07, 6.45) is 2.97. The predicted octanol–water partition coefficient (Wildman–Crippen LogP) is 2.51. The normalized spacial score (nSPS) is 25.4. The van der Waals surface area contributed by atoms with Crippen LogP contribution in [-0.4, -0.2) is 46.1 Å². The van der Waals surface area contributed by atoms with Gasteiger partial charge in [0.2, 0.25) is 0 Å². The van der Waals surface area contributed by atoms with Crippen LogP contribution in [0.2, 0.25) is 0 Å². The van der Waals surface area contributed by atoms with E-state index >= 15 is 0 Å². The number of ether oxygens (including phenoxy) is 1. The van der Waals surface area contributed by atoms with E-state index in [9.17, 15) is 14.7 Å². The van der Waals surface area contributed by atoms with E-state index in [-0.39, 0.29) is 11.8 Å². The molecule has 0 unspecified atom stereocenters. The molecule has 0 bridgehead atoms. The number of methoxy groups -OCH3 is 1. The molecule has 1 amide bonds. The average Bonchev–Trinajstić information content (AvgIpc) is 3.26. The molecular formula is C19H22N2O4. The Hall–Kier alpha value is -2.50. The third-order valence-electron chi connectivity index (χ3n) is 5.89. The fourth-order valence-electron chi connectivity index (χ4n) is 4.69. The van der Waals surface area contributed by atoms with Crippen LogP contribution in [0.15, 0.2) is 24.3 Å². The van der Waals surface area contributed by atoms with Crippen LogP contribution in [0.1, 0.15) is 29.8 Å². The Morgan fingerprint density at radius 2 is 2.08 bits per heavy atom. The van der Waals surface area contributed by atoms with E-state index in [1.165, 1.54) is 0 Å². The zero-order chi connectivity index (χ0) is 17.7. The molecule has 25 heavy (non-hydrogen) atoms. The van der Waals surface area contributed by atoms with Crippen molar-refractivity contribution in [2.45, 2.75) is 25.3 Å². The van der Waals surface area contributed by atoms with E-state index in [4.69, 9.17) is 4.74 Å². The van der Waals surface area contributed by atoms with Crippen molar-refractivity contribution in [1.29, 1.82) is 0 Å². The van der Waals surface area contributed by atoms with E-state index in [0.717, 1.165) is 30.2 Å². The van der Waals surface area contributed by atoms with E-state index in [2.05, 4.69) is 0 Å². The summed E-state index contributed by atoms with van der Waals surface area (Å²) in [6, 6.07) is 6.78. The summed E-state index contributed by atoms with van der Waals surface area (Å²) in [5.41, 5.74) is 1.40. The molecule has 6 heteroatoms. The number of carboxylic acid groups (broad SMARTS) is 1. The average molecular weight is 342 g/mol. The fraction of sp³-hybridized carbons (Fsp3) is 0.474. The SMILES string of the molecule is COc1cccc2c1cc(C(=O)N1C[C@@H]3CCC[C@@H]3[C@H]1C(=O)O)n2C. The first kappa shape index (κ1) is 16.0. The molecule has 1 aliphatic heterocycles. The van der Waals surface area contributed by atoms with Crippen molar-refractivity contribution < 1.29 is 19.4 Å². The number of rotatable bonds is 3. The number of amides is 1. The number of likely N-dealkylation sites (tertiary alicyclic amines) is 1. The maximum atomic E-state index is 13.2. The Morgan fingerprint density at radius 3 is 2.80 bits per heavy atom. The summed E-state index contributed by atoms with van der Waals surface area (Å²) in [7, 11) is 3.44. The zero-order valence-corrected chi connectivity index (χ0v) is 14.4. The molecule has 6 nitrogen and oxygen atoms in total. The van der Waals surface area contributed by atoms with Gasteiger partial charge in [-0.05, 0) is 42.9 Å². The summed E-state index contributed by atoms with van der Waals surface area (Å²) in [6.45, 7) is 0.541. The van der Waals surface area contributed by atoms with Gasteiger partial charge in [-0.1, -0.05) is 12.5 Å². The van der Waals surface area contributed by atoms with Crippen LogP contribution in [0, 0.1) is 11.8 Å². The van der Waals surface area contributed by atoms with Crippen LogP contribution < -0.4 is 4.74 Å². The van der Waals surface area contributed by atoms with Crippen molar-refractivity contribution in [3.8, 4) is 5.75 Å². The lowest BCUT2D eigenvalue weighted by molar-refractivity contribution is -0.142. The molecular weight excluding hydrogens is 320 g/mol. The van der Waals surface area contributed by atoms with Crippen LogP contribution in [0.5, 0.6) is 5.75 Å². The van der Waals surface area contributed by atoms with Crippen molar-refractivity contribution in [3.05, 3.63) is 30.0 Å². The number of carboxylic acids is 1. The number of hydrogen-bond acceptors (Lipinski definition) is 3. The molecule has 2 heterocycles. The Morgan fingerprint density at radius 1 is 1.28 bits per heavy atom. The number of carbonyl (C=O) groups is 2. The van der Waals surface area contributed by atoms with Gasteiger partial charge in [0.1, 0.15) is 17.5 Å². The third-order valence-corrected chi connectivity index (χ3v) is 5.89. The molecule has 0 spiro atoms. The molecule has 132 valence electrons. The van der Waals surface area contributed by atoms with Crippen molar-refractivity contribution in [2.24, 2.45) is 18.9 Å². The molecule has 3 atom stereocenters. The number of nitrogens with zero attached hydrogens (tertiary/aromatic N) is 2. The van der Waals surface area contributed by atoms with E-state index < -0.39 is 12.0 Å². The minimum absolute atomic E-state index is 0.0886. The molecule has 2 fully saturated rings. The van der Waals surface area contributed by atoms with Crippen molar-refractivity contribution in [1.82, 2.24) is 9.47 Å². The Balaban J connectivity index is 1.75. The standard InChI is InChI=1S/C19H22N2O4/c1-20-14-7-4-8-16(25-2)13(14)9-15(20)18(22)21-10-11-5-3-6-12(11)17(21)19(23)24/h4,7-9,11-12,17H,3,5-6,10H2,1-2H3,(H,23,24)/t11-,12-,17-/m0/s1. The Labute approximate surface area is 146 Å². The first-order valence-corrected chi connectivity index (χ1v) is 8.69. The molecule has 0 radical (unpaired) electrons. The first-order valence-electron chi connectivity index (χ1n) is 8.69. The van der Waals surface area contributed by atoms with Crippen LogP contribution in [0.3, 0.4) is 0 Å². The van der Waals surface area contributed by atoms with Crippen LogP contribution >= 0.6 is 0 Å². The summed E-state index contributed by atoms with van der Waals surface area (Å²) in [5, 5.41) is 10.6. The lowest BCUT2D eigenvalue weighted by atomic mass is 9.94. The van der Waals surface area contributed by atoms with Gasteiger partial charge >= 0.3 is 5.97 Å². The highest BCUT2D eigenvalue weighted by molar-refractivity contribution is 6.02. The van der Waals surface area contributed by atoms with Gasteiger partial charge in [-0.25, -0.2) is 4.79 Å². The van der Waals surface area contributed by atoms with Gasteiger partial charge in [0.25, 0.3) is 5.91 Å². The van der Waals surface area contributed by atoms with Gasteiger partial charge in [0.05, 0.1) is 12.6 Å². The minimum Gasteiger partial charge on any atom is -0.496 e. The minimum atomic E-state index is -0.890. The van der Waals surface area contributed by atoms with Crippen LogP contribution in [0.4, 0.5) is 0 Å².